The van der Waals surface area contributed by atoms with Crippen molar-refractivity contribution in [2.75, 3.05) is 19.6 Å². The average Bonchev–Trinajstić information content (AvgIpc) is 2.60. The molecule has 0 N–H and O–H groups in total. The van der Waals surface area contributed by atoms with Gasteiger partial charge in [-0.05, 0) is 40.6 Å². The molecule has 0 bridgehead atoms. The van der Waals surface area contributed by atoms with Crippen LogP contribution in [0.15, 0.2) is 49.3 Å². The third kappa shape index (κ3) is 3.13. The monoisotopic (exact) mass is 378 g/mol. The normalized spacial score (nSPS) is 13.8. The number of methoxy groups -OCH3 is 1. The fourth-order valence-corrected chi connectivity index (χ4v) is 3.87. The van der Waals surface area contributed by atoms with E-state index in [1.165, 1.54) is 50.0 Å². The van der Waals surface area contributed by atoms with E-state index < -0.39 is 28.3 Å². The molecule has 0 aliphatic heterocycles. The lowest BCUT2D eigenvalue weighted by Crippen LogP contribution is -2.10. The molecule has 0 amide bonds. The smallest absolute Gasteiger partial charge is 0.337 e. The number of esters is 1. The van der Waals surface area contributed by atoms with Crippen molar-refractivity contribution in [3.63, 3.8) is 0 Å². The second-order valence-corrected chi connectivity index (χ2v) is 8.07. The zero-order chi connectivity index (χ0) is 18.3. The lowest BCUT2D eigenvalue weighted by Gasteiger charge is -2.11. The number of hydrogen-bond donors (Lipinski definition) is 0. The van der Waals surface area contributed by atoms with Crippen LogP contribution in [0.3, 0.4) is 0 Å². The molecule has 0 saturated heterocycles. The number of benzene rings is 2. The maximum absolute atomic E-state index is 12.9. The van der Waals surface area contributed by atoms with Crippen LogP contribution >= 0.6 is 0 Å². The number of carbonyl (C=O) groups is 1. The van der Waals surface area contributed by atoms with Crippen LogP contribution in [-0.2, 0) is 27.1 Å². The van der Waals surface area contributed by atoms with Gasteiger partial charge in [0.2, 0.25) is 10.3 Å². The molecule has 6 nitrogen and oxygen atoms in total. The molecule has 1 heterocycles. The number of carbonyl (C=O) groups excluding carboxylic acids is 1. The zero-order valence-electron chi connectivity index (χ0n) is 13.7. The molecule has 2 aromatic carbocycles. The summed E-state index contributed by atoms with van der Waals surface area (Å²) in [6.07, 6.45) is 2.93. The van der Waals surface area contributed by atoms with Crippen LogP contribution in [0.4, 0.5) is 0 Å². The Balaban J connectivity index is 2.42. The standard InChI is InChI=1S/C17H14O6S2/c1-22-17(19)9-4-5-13-11(6-9)15(18)12-7-10(24(2)20)8-14(25(3)21)16(12)23-13/h4-8H,1-3H3. The topological polar surface area (TPSA) is 103 Å². The number of fused-ring (bicyclic) bond motifs is 2. The van der Waals surface area contributed by atoms with Gasteiger partial charge in [0.1, 0.15) is 18.1 Å². The predicted octanol–water partition coefficient (Wildman–Crippen LogP) is 2.21. The summed E-state index contributed by atoms with van der Waals surface area (Å²) in [5.74, 6) is -0.569. The maximum Gasteiger partial charge on any atom is 0.337 e. The Hall–Kier alpha value is -2.00. The molecule has 25 heavy (non-hydrogen) atoms. The SMILES string of the molecule is COC(=O)c1ccc2oc3c([S+](C)[O-])cc([S+](C)[O-])cc3c(=O)c2c1. The first-order valence-corrected chi connectivity index (χ1v) is 10.2. The van der Waals surface area contributed by atoms with Crippen molar-refractivity contribution in [1.29, 1.82) is 0 Å². The molecular formula is C17H14O6S2. The van der Waals surface area contributed by atoms with Gasteiger partial charge in [0.05, 0.1) is 29.5 Å². The summed E-state index contributed by atoms with van der Waals surface area (Å²) >= 11 is -2.79. The number of hydrogen-bond acceptors (Lipinski definition) is 6. The molecule has 0 aliphatic carbocycles. The van der Waals surface area contributed by atoms with Crippen LogP contribution in [0, 0.1) is 0 Å². The van der Waals surface area contributed by atoms with E-state index >= 15 is 0 Å². The molecule has 8 heteroatoms. The molecule has 0 spiro atoms. The van der Waals surface area contributed by atoms with Crippen molar-refractivity contribution in [1.82, 2.24) is 0 Å². The summed E-state index contributed by atoms with van der Waals surface area (Å²) in [6, 6.07) is 7.37. The summed E-state index contributed by atoms with van der Waals surface area (Å²) in [6.45, 7) is 0. The Bertz CT molecular complexity index is 1040. The zero-order valence-corrected chi connectivity index (χ0v) is 15.3. The highest BCUT2D eigenvalue weighted by Gasteiger charge is 2.22. The lowest BCUT2D eigenvalue weighted by atomic mass is 10.1. The van der Waals surface area contributed by atoms with Gasteiger partial charge in [-0.2, -0.15) is 0 Å². The highest BCUT2D eigenvalue weighted by molar-refractivity contribution is 7.91. The van der Waals surface area contributed by atoms with Gasteiger partial charge in [0.25, 0.3) is 0 Å². The molecule has 1 aromatic heterocycles. The molecule has 2 atom stereocenters. The van der Waals surface area contributed by atoms with Crippen LogP contribution in [-0.4, -0.2) is 34.7 Å². The quantitative estimate of drug-likeness (QED) is 0.393. The van der Waals surface area contributed by atoms with Gasteiger partial charge in [0.15, 0.2) is 10.5 Å². The molecule has 0 aliphatic rings. The largest absolute Gasteiger partial charge is 0.612 e. The van der Waals surface area contributed by atoms with Gasteiger partial charge < -0.3 is 18.3 Å². The molecule has 0 radical (unpaired) electrons. The Kier molecular flexibility index (Phi) is 4.79. The first-order valence-electron chi connectivity index (χ1n) is 7.13. The minimum atomic E-state index is -1.44. The van der Waals surface area contributed by atoms with Crippen molar-refractivity contribution in [3.8, 4) is 0 Å². The van der Waals surface area contributed by atoms with Crippen molar-refractivity contribution >= 4 is 50.3 Å². The molecule has 3 aromatic rings. The van der Waals surface area contributed by atoms with Crippen LogP contribution in [0.5, 0.6) is 0 Å². The third-order valence-electron chi connectivity index (χ3n) is 3.77. The van der Waals surface area contributed by atoms with Crippen molar-refractivity contribution in [2.45, 2.75) is 9.79 Å². The maximum atomic E-state index is 12.9. The van der Waals surface area contributed by atoms with Crippen molar-refractivity contribution < 1.29 is 23.1 Å². The first-order chi connectivity index (χ1) is 11.8. The molecule has 0 fully saturated rings. The van der Waals surface area contributed by atoms with E-state index in [2.05, 4.69) is 4.74 Å². The molecular weight excluding hydrogens is 364 g/mol. The van der Waals surface area contributed by atoms with E-state index in [9.17, 15) is 18.7 Å². The minimum Gasteiger partial charge on any atom is -0.612 e. The van der Waals surface area contributed by atoms with Gasteiger partial charge in [-0.1, -0.05) is 0 Å². The second kappa shape index (κ2) is 6.72. The summed E-state index contributed by atoms with van der Waals surface area (Å²) in [5, 5.41) is 0.370. The number of ether oxygens (including phenoxy) is 1. The van der Waals surface area contributed by atoms with E-state index in [-0.39, 0.29) is 32.9 Å². The van der Waals surface area contributed by atoms with E-state index in [0.717, 1.165) is 0 Å². The van der Waals surface area contributed by atoms with Gasteiger partial charge in [-0.3, -0.25) is 4.79 Å². The van der Waals surface area contributed by atoms with Gasteiger partial charge in [0, 0.05) is 6.07 Å². The van der Waals surface area contributed by atoms with Crippen molar-refractivity contribution in [2.24, 2.45) is 0 Å². The highest BCUT2D eigenvalue weighted by Crippen LogP contribution is 2.28. The van der Waals surface area contributed by atoms with Crippen LogP contribution in [0.25, 0.3) is 21.9 Å². The van der Waals surface area contributed by atoms with Gasteiger partial charge in [-0.25, -0.2) is 4.79 Å². The van der Waals surface area contributed by atoms with Gasteiger partial charge >= 0.3 is 5.97 Å². The fraction of sp³-hybridized carbons (Fsp3) is 0.176. The fourth-order valence-electron chi connectivity index (χ4n) is 2.53. The van der Waals surface area contributed by atoms with Crippen LogP contribution < -0.4 is 5.43 Å². The van der Waals surface area contributed by atoms with E-state index in [0.29, 0.717) is 9.79 Å². The molecule has 2 unspecified atom stereocenters. The van der Waals surface area contributed by atoms with Crippen LogP contribution in [0.1, 0.15) is 10.4 Å². The Morgan fingerprint density at radius 3 is 2.40 bits per heavy atom. The minimum absolute atomic E-state index is 0.174. The van der Waals surface area contributed by atoms with Crippen molar-refractivity contribution in [3.05, 3.63) is 46.1 Å². The van der Waals surface area contributed by atoms with E-state index in [4.69, 9.17) is 4.42 Å². The molecule has 130 valence electrons. The first kappa shape index (κ1) is 17.8. The summed E-state index contributed by atoms with van der Waals surface area (Å²) in [7, 11) is 1.25. The van der Waals surface area contributed by atoms with E-state index in [1.54, 1.807) is 0 Å². The van der Waals surface area contributed by atoms with Gasteiger partial charge in [-0.15, -0.1) is 0 Å². The predicted molar refractivity (Wildman–Crippen MR) is 96.0 cm³/mol. The Morgan fingerprint density at radius 1 is 1.08 bits per heavy atom. The summed E-state index contributed by atoms with van der Waals surface area (Å²) in [5.41, 5.74) is 0.290. The highest BCUT2D eigenvalue weighted by atomic mass is 32.2. The van der Waals surface area contributed by atoms with E-state index in [1.807, 2.05) is 0 Å². The Labute approximate surface area is 149 Å². The number of rotatable bonds is 3. The average molecular weight is 378 g/mol. The second-order valence-electron chi connectivity index (χ2n) is 5.34. The summed E-state index contributed by atoms with van der Waals surface area (Å²) in [4.78, 5) is 25.3. The molecule has 3 rings (SSSR count). The lowest BCUT2D eigenvalue weighted by molar-refractivity contribution is 0.0601. The third-order valence-corrected chi connectivity index (χ3v) is 5.59. The van der Waals surface area contributed by atoms with Crippen LogP contribution in [0.2, 0.25) is 0 Å². The summed E-state index contributed by atoms with van der Waals surface area (Å²) < 4.78 is 34.3. The molecule has 0 saturated carbocycles. The Morgan fingerprint density at radius 2 is 1.80 bits per heavy atom.